The number of carbonyl (C=O) groups excluding carboxylic acids is 3. The molecule has 0 unspecified atom stereocenters. The molecule has 0 atom stereocenters. The lowest BCUT2D eigenvalue weighted by molar-refractivity contribution is 0.00578. The van der Waals surface area contributed by atoms with E-state index in [2.05, 4.69) is 5.32 Å². The van der Waals surface area contributed by atoms with Crippen LogP contribution in [-0.4, -0.2) is 41.0 Å². The van der Waals surface area contributed by atoms with Gasteiger partial charge in [0.05, 0.1) is 28.0 Å². The molecule has 1 saturated heterocycles. The summed E-state index contributed by atoms with van der Waals surface area (Å²) in [5.74, 6) is -1.59. The molecule has 10 heteroatoms. The fourth-order valence-electron chi connectivity index (χ4n) is 3.52. The molecule has 9 nitrogen and oxygen atoms in total. The van der Waals surface area contributed by atoms with Crippen LogP contribution in [0.4, 0.5) is 5.82 Å². The third kappa shape index (κ3) is 2.79. The molecular formula is C20H20BN3O6. The first kappa shape index (κ1) is 20.1. The van der Waals surface area contributed by atoms with Crippen LogP contribution in [0.15, 0.2) is 29.1 Å². The molecule has 4 rings (SSSR count). The summed E-state index contributed by atoms with van der Waals surface area (Å²) in [4.78, 5) is 48.4. The minimum atomic E-state index is -0.694. The smallest absolute Gasteiger partial charge is 0.399 e. The predicted octanol–water partition coefficient (Wildman–Crippen LogP) is 0.415. The fraction of sp³-hybridized carbons (Fsp3) is 0.300. The van der Waals surface area contributed by atoms with Crippen LogP contribution in [0.25, 0.3) is 5.69 Å². The number of aromatic nitrogens is 1. The van der Waals surface area contributed by atoms with E-state index in [1.165, 1.54) is 6.07 Å². The monoisotopic (exact) mass is 409 g/mol. The van der Waals surface area contributed by atoms with Crippen LogP contribution >= 0.6 is 0 Å². The summed E-state index contributed by atoms with van der Waals surface area (Å²) in [5, 5.41) is 2.11. The van der Waals surface area contributed by atoms with Gasteiger partial charge in [0.1, 0.15) is 5.82 Å². The molecule has 0 spiro atoms. The van der Waals surface area contributed by atoms with Crippen LogP contribution in [0.1, 0.15) is 58.8 Å². The second-order valence-electron chi connectivity index (χ2n) is 8.30. The largest absolute Gasteiger partial charge is 0.494 e. The Morgan fingerprint density at radius 2 is 1.67 bits per heavy atom. The van der Waals surface area contributed by atoms with Gasteiger partial charge in [0.25, 0.3) is 17.4 Å². The number of rotatable bonds is 3. The van der Waals surface area contributed by atoms with Crippen LogP contribution in [0.5, 0.6) is 0 Å². The van der Waals surface area contributed by atoms with Gasteiger partial charge >= 0.3 is 7.12 Å². The number of anilines is 1. The molecule has 1 aromatic heterocycles. The van der Waals surface area contributed by atoms with E-state index in [1.807, 2.05) is 27.7 Å². The Balaban J connectivity index is 1.82. The molecule has 1 fully saturated rings. The van der Waals surface area contributed by atoms with Gasteiger partial charge in [0.2, 0.25) is 0 Å². The van der Waals surface area contributed by atoms with Gasteiger partial charge in [-0.3, -0.25) is 29.1 Å². The molecule has 2 aromatic rings. The first-order chi connectivity index (χ1) is 14.0. The maximum absolute atomic E-state index is 12.7. The molecule has 2 amide bonds. The lowest BCUT2D eigenvalue weighted by Crippen LogP contribution is -2.41. The third-order valence-corrected chi connectivity index (χ3v) is 5.90. The number of pyridine rings is 1. The van der Waals surface area contributed by atoms with Crippen LogP contribution in [0.3, 0.4) is 0 Å². The number of nitrogen functional groups attached to an aromatic ring is 1. The minimum absolute atomic E-state index is 0.0831. The van der Waals surface area contributed by atoms with Crippen LogP contribution < -0.4 is 22.1 Å². The van der Waals surface area contributed by atoms with Crippen molar-refractivity contribution in [1.29, 1.82) is 0 Å². The van der Waals surface area contributed by atoms with E-state index >= 15 is 0 Å². The predicted molar refractivity (Wildman–Crippen MR) is 109 cm³/mol. The number of nitrogens with two attached hydrogens (primary N) is 1. The molecule has 0 radical (unpaired) electrons. The van der Waals surface area contributed by atoms with Crippen molar-refractivity contribution in [2.24, 2.45) is 0 Å². The summed E-state index contributed by atoms with van der Waals surface area (Å²) in [5.41, 5.74) is 5.07. The highest BCUT2D eigenvalue weighted by atomic mass is 16.7. The van der Waals surface area contributed by atoms with E-state index in [9.17, 15) is 19.2 Å². The number of aldehydes is 1. The minimum Gasteiger partial charge on any atom is -0.399 e. The zero-order valence-electron chi connectivity index (χ0n) is 16.9. The third-order valence-electron chi connectivity index (χ3n) is 5.90. The lowest BCUT2D eigenvalue weighted by Gasteiger charge is -2.32. The topological polar surface area (TPSA) is 130 Å². The van der Waals surface area contributed by atoms with E-state index in [0.29, 0.717) is 11.7 Å². The summed E-state index contributed by atoms with van der Waals surface area (Å²) >= 11 is 0. The zero-order valence-corrected chi connectivity index (χ0v) is 16.9. The summed E-state index contributed by atoms with van der Waals surface area (Å²) in [6, 6.07) is 5.77. The van der Waals surface area contributed by atoms with Gasteiger partial charge in [-0.15, -0.1) is 0 Å². The first-order valence-electron chi connectivity index (χ1n) is 9.33. The molecular weight excluding hydrogens is 389 g/mol. The Morgan fingerprint density at radius 3 is 2.27 bits per heavy atom. The Hall–Kier alpha value is -3.24. The SMILES string of the molecule is CC1(C)OB(c2ccc(-n3c(N)c4c(cc3=O)C(=O)NC4=O)c(C=O)c2)OC1(C)C. The van der Waals surface area contributed by atoms with Crippen LogP contribution in [-0.2, 0) is 9.31 Å². The number of hydrogen-bond acceptors (Lipinski definition) is 7. The number of hydrogen-bond donors (Lipinski definition) is 2. The van der Waals surface area contributed by atoms with Gasteiger partial charge in [-0.1, -0.05) is 6.07 Å². The Bertz CT molecular complexity index is 1170. The summed E-state index contributed by atoms with van der Waals surface area (Å²) in [6.45, 7) is 7.66. The molecule has 0 aliphatic carbocycles. The van der Waals surface area contributed by atoms with Crippen molar-refractivity contribution in [3.8, 4) is 5.69 Å². The van der Waals surface area contributed by atoms with Crippen molar-refractivity contribution in [2.75, 3.05) is 5.73 Å². The van der Waals surface area contributed by atoms with Crippen LogP contribution in [0, 0.1) is 0 Å². The number of fused-ring (bicyclic) bond motifs is 1. The fourth-order valence-corrected chi connectivity index (χ4v) is 3.52. The molecule has 3 heterocycles. The molecule has 30 heavy (non-hydrogen) atoms. The standard InChI is InChI=1S/C20H20BN3O6/c1-19(2)20(3,4)30-21(29-19)11-5-6-13(10(7-11)9-25)24-14(26)8-12-15(16(24)22)18(28)23-17(12)27/h5-9H,22H2,1-4H3,(H,23,27,28). The van der Waals surface area contributed by atoms with Crippen LogP contribution in [0.2, 0.25) is 0 Å². The maximum atomic E-state index is 12.7. The molecule has 0 bridgehead atoms. The quantitative estimate of drug-likeness (QED) is 0.427. The Labute approximate surface area is 172 Å². The second kappa shape index (κ2) is 6.38. The average molecular weight is 409 g/mol. The highest BCUT2D eigenvalue weighted by molar-refractivity contribution is 6.62. The maximum Gasteiger partial charge on any atom is 0.494 e. The van der Waals surface area contributed by atoms with Gasteiger partial charge < -0.3 is 15.0 Å². The molecule has 2 aliphatic rings. The van der Waals surface area contributed by atoms with Crippen molar-refractivity contribution < 1.29 is 23.7 Å². The molecule has 154 valence electrons. The lowest BCUT2D eigenvalue weighted by atomic mass is 9.78. The van der Waals surface area contributed by atoms with Gasteiger partial charge in [0.15, 0.2) is 6.29 Å². The normalized spacial score (nSPS) is 19.0. The number of nitrogens with zero attached hydrogens (tertiary/aromatic N) is 1. The number of carbonyl (C=O) groups is 3. The first-order valence-corrected chi connectivity index (χ1v) is 9.33. The van der Waals surface area contributed by atoms with Crippen molar-refractivity contribution in [3.05, 3.63) is 51.3 Å². The van der Waals surface area contributed by atoms with Crippen molar-refractivity contribution in [1.82, 2.24) is 9.88 Å². The number of benzene rings is 1. The van der Waals surface area contributed by atoms with E-state index in [4.69, 9.17) is 15.0 Å². The Morgan fingerprint density at radius 1 is 1.03 bits per heavy atom. The number of imide groups is 1. The highest BCUT2D eigenvalue weighted by Crippen LogP contribution is 2.36. The second-order valence-corrected chi connectivity index (χ2v) is 8.30. The Kier molecular flexibility index (Phi) is 4.27. The zero-order chi connectivity index (χ0) is 22.0. The van der Waals surface area contributed by atoms with Crippen molar-refractivity contribution in [2.45, 2.75) is 38.9 Å². The van der Waals surface area contributed by atoms with Gasteiger partial charge in [-0.05, 0) is 45.3 Å². The van der Waals surface area contributed by atoms with E-state index < -0.39 is 35.7 Å². The molecule has 2 aliphatic heterocycles. The summed E-state index contributed by atoms with van der Waals surface area (Å²) in [6.07, 6.45) is 0.578. The molecule has 0 saturated carbocycles. The van der Waals surface area contributed by atoms with Crippen molar-refractivity contribution >= 4 is 36.5 Å². The summed E-state index contributed by atoms with van der Waals surface area (Å²) in [7, 11) is -0.694. The number of nitrogens with one attached hydrogen (secondary N) is 1. The molecule has 1 aromatic carbocycles. The number of amides is 2. The van der Waals surface area contributed by atoms with E-state index in [0.717, 1.165) is 10.6 Å². The van der Waals surface area contributed by atoms with Gasteiger partial charge in [0, 0.05) is 11.6 Å². The van der Waals surface area contributed by atoms with Crippen molar-refractivity contribution in [3.63, 3.8) is 0 Å². The summed E-state index contributed by atoms with van der Waals surface area (Å²) < 4.78 is 13.1. The van der Waals surface area contributed by atoms with Gasteiger partial charge in [-0.25, -0.2) is 0 Å². The average Bonchev–Trinajstić information content (AvgIpc) is 3.06. The van der Waals surface area contributed by atoms with E-state index in [-0.39, 0.29) is 28.2 Å². The van der Waals surface area contributed by atoms with E-state index in [1.54, 1.807) is 12.1 Å². The molecule has 3 N–H and O–H groups in total. The van der Waals surface area contributed by atoms with Gasteiger partial charge in [-0.2, -0.15) is 0 Å². The highest BCUT2D eigenvalue weighted by Gasteiger charge is 2.51.